The summed E-state index contributed by atoms with van der Waals surface area (Å²) in [6, 6.07) is 17.9. The number of hydrogen-bond donors (Lipinski definition) is 0. The number of Topliss-reactive ketones (excluding diaryl/α,β-unsaturated/α-hetero) is 1. The molecule has 2 aliphatic carbocycles. The normalized spacial score (nSPS) is 17.2. The zero-order valence-electron chi connectivity index (χ0n) is 19.4. The van der Waals surface area contributed by atoms with E-state index in [0.29, 0.717) is 18.6 Å². The molecule has 0 unspecified atom stereocenters. The van der Waals surface area contributed by atoms with Gasteiger partial charge in [-0.25, -0.2) is 0 Å². The molecule has 0 atom stereocenters. The SMILES string of the molecule is O=C(CCc1ccc(CSC2CCCC2)cc1)CCc1ccc(CSC2CCCC2)cc1. The van der Waals surface area contributed by atoms with E-state index in [2.05, 4.69) is 72.1 Å². The number of carbonyl (C=O) groups is 1. The highest BCUT2D eigenvalue weighted by atomic mass is 32.2. The van der Waals surface area contributed by atoms with E-state index < -0.39 is 0 Å². The van der Waals surface area contributed by atoms with E-state index in [1.807, 2.05) is 0 Å². The summed E-state index contributed by atoms with van der Waals surface area (Å²) >= 11 is 4.24. The summed E-state index contributed by atoms with van der Waals surface area (Å²) in [5, 5.41) is 1.75. The lowest BCUT2D eigenvalue weighted by Gasteiger charge is -2.09. The molecule has 4 rings (SSSR count). The van der Waals surface area contributed by atoms with Gasteiger partial charge in [0, 0.05) is 34.8 Å². The average molecular weight is 467 g/mol. The predicted molar refractivity (Wildman–Crippen MR) is 142 cm³/mol. The molecule has 0 aliphatic heterocycles. The van der Waals surface area contributed by atoms with Crippen molar-refractivity contribution in [3.63, 3.8) is 0 Å². The number of ketones is 1. The Morgan fingerprint density at radius 3 is 1.31 bits per heavy atom. The minimum atomic E-state index is 0.381. The number of benzene rings is 2. The Balaban J connectivity index is 1.12. The van der Waals surface area contributed by atoms with Crippen molar-refractivity contribution in [1.82, 2.24) is 0 Å². The summed E-state index contributed by atoms with van der Waals surface area (Å²) in [6.07, 6.45) is 14.3. The largest absolute Gasteiger partial charge is 0.300 e. The van der Waals surface area contributed by atoms with Crippen molar-refractivity contribution in [3.05, 3.63) is 70.8 Å². The summed E-state index contributed by atoms with van der Waals surface area (Å²) in [7, 11) is 0. The highest BCUT2D eigenvalue weighted by Crippen LogP contribution is 2.32. The van der Waals surface area contributed by atoms with Crippen LogP contribution in [0.5, 0.6) is 0 Å². The van der Waals surface area contributed by atoms with Crippen LogP contribution in [0.15, 0.2) is 48.5 Å². The molecule has 0 bridgehead atoms. The molecule has 2 saturated carbocycles. The highest BCUT2D eigenvalue weighted by Gasteiger charge is 2.16. The van der Waals surface area contributed by atoms with E-state index in [1.54, 1.807) is 0 Å². The molecule has 32 heavy (non-hydrogen) atoms. The number of carbonyl (C=O) groups excluding carboxylic acids is 1. The van der Waals surface area contributed by atoms with Gasteiger partial charge in [-0.15, -0.1) is 0 Å². The van der Waals surface area contributed by atoms with Gasteiger partial charge in [0.2, 0.25) is 0 Å². The van der Waals surface area contributed by atoms with Crippen LogP contribution in [0, 0.1) is 0 Å². The Morgan fingerprint density at radius 1 is 0.594 bits per heavy atom. The second-order valence-corrected chi connectivity index (χ2v) is 12.2. The fourth-order valence-electron chi connectivity index (χ4n) is 4.84. The zero-order valence-corrected chi connectivity index (χ0v) is 21.0. The van der Waals surface area contributed by atoms with E-state index >= 15 is 0 Å². The molecule has 2 aromatic carbocycles. The molecule has 2 aromatic rings. The maximum atomic E-state index is 12.4. The number of hydrogen-bond acceptors (Lipinski definition) is 3. The van der Waals surface area contributed by atoms with Crippen LogP contribution in [-0.4, -0.2) is 16.3 Å². The third kappa shape index (κ3) is 7.99. The minimum absolute atomic E-state index is 0.381. The summed E-state index contributed by atoms with van der Waals surface area (Å²) < 4.78 is 0. The lowest BCUT2D eigenvalue weighted by molar-refractivity contribution is -0.119. The van der Waals surface area contributed by atoms with Crippen molar-refractivity contribution in [2.45, 2.75) is 99.1 Å². The van der Waals surface area contributed by atoms with Gasteiger partial charge >= 0.3 is 0 Å². The van der Waals surface area contributed by atoms with Crippen molar-refractivity contribution in [1.29, 1.82) is 0 Å². The van der Waals surface area contributed by atoms with E-state index in [0.717, 1.165) is 34.8 Å². The Morgan fingerprint density at radius 2 is 0.938 bits per heavy atom. The quantitative estimate of drug-likeness (QED) is 0.314. The highest BCUT2D eigenvalue weighted by molar-refractivity contribution is 7.99. The molecular weight excluding hydrogens is 428 g/mol. The fourth-order valence-corrected chi connectivity index (χ4v) is 7.41. The van der Waals surface area contributed by atoms with Crippen molar-refractivity contribution in [2.24, 2.45) is 0 Å². The van der Waals surface area contributed by atoms with Gasteiger partial charge in [0.1, 0.15) is 5.78 Å². The molecule has 3 heteroatoms. The topological polar surface area (TPSA) is 17.1 Å². The van der Waals surface area contributed by atoms with Gasteiger partial charge in [-0.3, -0.25) is 4.79 Å². The van der Waals surface area contributed by atoms with Gasteiger partial charge in [0.05, 0.1) is 0 Å². The van der Waals surface area contributed by atoms with Gasteiger partial charge in [-0.2, -0.15) is 23.5 Å². The minimum Gasteiger partial charge on any atom is -0.300 e. The van der Waals surface area contributed by atoms with E-state index in [9.17, 15) is 4.79 Å². The van der Waals surface area contributed by atoms with Crippen molar-refractivity contribution in [3.8, 4) is 0 Å². The first-order chi connectivity index (χ1) is 15.7. The molecule has 0 aromatic heterocycles. The smallest absolute Gasteiger partial charge is 0.133 e. The Labute approximate surface area is 203 Å². The lowest BCUT2D eigenvalue weighted by atomic mass is 10.0. The first-order valence-electron chi connectivity index (χ1n) is 12.6. The Kier molecular flexibility index (Phi) is 9.65. The molecule has 0 heterocycles. The molecule has 2 aliphatic rings. The summed E-state index contributed by atoms with van der Waals surface area (Å²) in [6.45, 7) is 0. The molecule has 2 fully saturated rings. The van der Waals surface area contributed by atoms with E-state index in [-0.39, 0.29) is 0 Å². The number of rotatable bonds is 12. The van der Waals surface area contributed by atoms with Crippen LogP contribution in [0.25, 0.3) is 0 Å². The molecule has 0 amide bonds. The first-order valence-corrected chi connectivity index (χ1v) is 14.7. The van der Waals surface area contributed by atoms with Gasteiger partial charge < -0.3 is 0 Å². The molecule has 1 nitrogen and oxygen atoms in total. The van der Waals surface area contributed by atoms with Crippen molar-refractivity contribution in [2.75, 3.05) is 0 Å². The zero-order chi connectivity index (χ0) is 22.0. The second kappa shape index (κ2) is 12.9. The number of thioether (sulfide) groups is 2. The van der Waals surface area contributed by atoms with Crippen molar-refractivity contribution >= 4 is 29.3 Å². The molecule has 0 radical (unpaired) electrons. The van der Waals surface area contributed by atoms with Crippen LogP contribution in [0.4, 0.5) is 0 Å². The van der Waals surface area contributed by atoms with Crippen LogP contribution in [-0.2, 0) is 29.1 Å². The number of aryl methyl sites for hydroxylation is 2. The Hall–Kier alpha value is -1.19. The molecule has 0 N–H and O–H groups in total. The summed E-state index contributed by atoms with van der Waals surface area (Å²) in [5.74, 6) is 2.64. The average Bonchev–Trinajstić information content (AvgIpc) is 3.54. The van der Waals surface area contributed by atoms with Crippen LogP contribution in [0.1, 0.15) is 86.5 Å². The maximum Gasteiger partial charge on any atom is 0.133 e. The molecule has 0 spiro atoms. The first kappa shape index (κ1) is 24.0. The monoisotopic (exact) mass is 466 g/mol. The lowest BCUT2D eigenvalue weighted by Crippen LogP contribution is -2.02. The van der Waals surface area contributed by atoms with Gasteiger partial charge in [-0.05, 0) is 60.8 Å². The van der Waals surface area contributed by atoms with Crippen molar-refractivity contribution < 1.29 is 4.79 Å². The third-order valence-electron chi connectivity index (χ3n) is 7.01. The molecule has 172 valence electrons. The standard InChI is InChI=1S/C29H38OS2/c30-27(19-17-23-9-13-25(14-10-23)21-31-28-5-1-2-6-28)20-18-24-11-15-26(16-12-24)22-32-29-7-3-4-8-29/h9-16,28-29H,1-8,17-22H2. The second-order valence-electron chi connectivity index (χ2n) is 9.61. The third-order valence-corrected chi connectivity index (χ3v) is 9.89. The van der Waals surface area contributed by atoms with Crippen LogP contribution < -0.4 is 0 Å². The van der Waals surface area contributed by atoms with Crippen LogP contribution >= 0.6 is 23.5 Å². The molecular formula is C29H38OS2. The van der Waals surface area contributed by atoms with Gasteiger partial charge in [0.25, 0.3) is 0 Å². The summed E-state index contributed by atoms with van der Waals surface area (Å²) in [5.41, 5.74) is 5.42. The van der Waals surface area contributed by atoms with E-state index in [4.69, 9.17) is 0 Å². The van der Waals surface area contributed by atoms with Crippen LogP contribution in [0.3, 0.4) is 0 Å². The Bertz CT molecular complexity index is 746. The van der Waals surface area contributed by atoms with Gasteiger partial charge in [0.15, 0.2) is 0 Å². The predicted octanol–water partition coefficient (Wildman–Crippen LogP) is 8.17. The van der Waals surface area contributed by atoms with Gasteiger partial charge in [-0.1, -0.05) is 74.2 Å². The fraction of sp³-hybridized carbons (Fsp3) is 0.552. The summed E-state index contributed by atoms with van der Waals surface area (Å²) in [4.78, 5) is 12.4. The van der Waals surface area contributed by atoms with E-state index in [1.165, 1.54) is 73.6 Å². The van der Waals surface area contributed by atoms with Crippen LogP contribution in [0.2, 0.25) is 0 Å². The maximum absolute atomic E-state index is 12.4. The molecule has 0 saturated heterocycles.